The highest BCUT2D eigenvalue weighted by atomic mass is 19.4. The number of pyridine rings is 1. The second kappa shape index (κ2) is 7.72. The molecule has 1 amide bonds. The van der Waals surface area contributed by atoms with Crippen molar-refractivity contribution in [1.29, 1.82) is 0 Å². The minimum absolute atomic E-state index is 0.0634. The number of rotatable bonds is 3. The van der Waals surface area contributed by atoms with Crippen molar-refractivity contribution in [2.24, 2.45) is 0 Å². The van der Waals surface area contributed by atoms with Crippen LogP contribution in [0.15, 0.2) is 36.5 Å². The number of ether oxygens (including phenoxy) is 1. The van der Waals surface area contributed by atoms with Gasteiger partial charge in [-0.3, -0.25) is 14.6 Å². The van der Waals surface area contributed by atoms with Crippen LogP contribution in [0.1, 0.15) is 50.6 Å². The van der Waals surface area contributed by atoms with Gasteiger partial charge in [-0.15, -0.1) is 0 Å². The first-order chi connectivity index (χ1) is 15.7. The number of amides is 1. The number of anilines is 1. The van der Waals surface area contributed by atoms with Crippen LogP contribution in [0.2, 0.25) is 0 Å². The number of halogens is 3. The Labute approximate surface area is 186 Å². The van der Waals surface area contributed by atoms with E-state index in [1.54, 1.807) is 31.4 Å². The molecule has 0 fully saturated rings. The first kappa shape index (κ1) is 21.2. The molecule has 3 heterocycles. The number of nitrogens with zero attached hydrogens (tertiary/aromatic N) is 4. The molecular weight excluding hydrogens is 437 g/mol. The molecule has 0 N–H and O–H groups in total. The van der Waals surface area contributed by atoms with Crippen LogP contribution in [-0.2, 0) is 19.0 Å². The van der Waals surface area contributed by atoms with Gasteiger partial charge in [-0.25, -0.2) is 4.68 Å². The molecule has 1 aliphatic carbocycles. The maximum absolute atomic E-state index is 13.6. The molecule has 0 saturated heterocycles. The molecule has 2 aromatic heterocycles. The highest BCUT2D eigenvalue weighted by Crippen LogP contribution is 2.37. The van der Waals surface area contributed by atoms with Crippen LogP contribution in [0.5, 0.6) is 5.75 Å². The van der Waals surface area contributed by atoms with E-state index in [4.69, 9.17) is 4.74 Å². The fourth-order valence-electron chi connectivity index (χ4n) is 4.23. The summed E-state index contributed by atoms with van der Waals surface area (Å²) in [6.07, 6.45) is -1.75. The Morgan fingerprint density at radius 2 is 2.00 bits per heavy atom. The molecule has 1 aliphatic heterocycles. The van der Waals surface area contributed by atoms with Gasteiger partial charge >= 0.3 is 6.18 Å². The third-order valence-corrected chi connectivity index (χ3v) is 5.89. The Hall–Kier alpha value is -3.69. The topological polar surface area (TPSA) is 77.3 Å². The van der Waals surface area contributed by atoms with Crippen LogP contribution >= 0.6 is 0 Å². The summed E-state index contributed by atoms with van der Waals surface area (Å²) in [7, 11) is 1.58. The molecule has 1 aromatic carbocycles. The number of ketones is 1. The number of benzene rings is 1. The number of carbonyl (C=O) groups excluding carboxylic acids is 2. The molecule has 0 atom stereocenters. The number of Topliss-reactive ketones (excluding diaryl/α,β-unsaturated/α-hetero) is 1. The number of hydrogen-bond donors (Lipinski definition) is 0. The minimum atomic E-state index is -4.68. The summed E-state index contributed by atoms with van der Waals surface area (Å²) in [5.74, 6) is -0.153. The van der Waals surface area contributed by atoms with Crippen LogP contribution < -0.4 is 9.64 Å². The molecule has 5 rings (SSSR count). The third-order valence-electron chi connectivity index (χ3n) is 5.89. The average Bonchev–Trinajstić information content (AvgIpc) is 3.43. The first-order valence-corrected chi connectivity index (χ1v) is 10.5. The van der Waals surface area contributed by atoms with Gasteiger partial charge in [-0.1, -0.05) is 6.07 Å². The van der Waals surface area contributed by atoms with Crippen molar-refractivity contribution in [3.05, 3.63) is 64.7 Å². The standard InChI is InChI=1S/C23H19F3N4O3/c1-29(15-11-19-17(27-12-15)8-9-33-19)22(32)13-4-2-5-14(10-13)30-20-16(6-3-7-18(20)31)21(28-30)23(24,25)26/h2,4-5,10-12H,3,6-9H2,1H3. The van der Waals surface area contributed by atoms with Gasteiger partial charge in [0.2, 0.25) is 0 Å². The highest BCUT2D eigenvalue weighted by Gasteiger charge is 2.41. The first-order valence-electron chi connectivity index (χ1n) is 10.5. The molecule has 33 heavy (non-hydrogen) atoms. The second-order valence-electron chi connectivity index (χ2n) is 8.01. The monoisotopic (exact) mass is 456 g/mol. The van der Waals surface area contributed by atoms with Crippen molar-refractivity contribution < 1.29 is 27.5 Å². The predicted molar refractivity (Wildman–Crippen MR) is 112 cm³/mol. The quantitative estimate of drug-likeness (QED) is 0.595. The van der Waals surface area contributed by atoms with Gasteiger partial charge in [0, 0.05) is 37.1 Å². The summed E-state index contributed by atoms with van der Waals surface area (Å²) >= 11 is 0. The fraction of sp³-hybridized carbons (Fsp3) is 0.304. The summed E-state index contributed by atoms with van der Waals surface area (Å²) < 4.78 is 47.2. The lowest BCUT2D eigenvalue weighted by molar-refractivity contribution is -0.142. The molecule has 3 aromatic rings. The number of hydrogen-bond acceptors (Lipinski definition) is 5. The Morgan fingerprint density at radius 3 is 2.79 bits per heavy atom. The lowest BCUT2D eigenvalue weighted by atomic mass is 9.94. The smallest absolute Gasteiger partial charge is 0.435 e. The molecule has 2 aliphatic rings. The van der Waals surface area contributed by atoms with E-state index in [0.717, 1.165) is 10.4 Å². The zero-order chi connectivity index (χ0) is 23.3. The highest BCUT2D eigenvalue weighted by molar-refractivity contribution is 6.06. The van der Waals surface area contributed by atoms with E-state index in [2.05, 4.69) is 10.1 Å². The molecule has 0 bridgehead atoms. The van der Waals surface area contributed by atoms with E-state index in [1.165, 1.54) is 17.0 Å². The van der Waals surface area contributed by atoms with E-state index >= 15 is 0 Å². The number of carbonyl (C=O) groups is 2. The molecule has 0 radical (unpaired) electrons. The largest absolute Gasteiger partial charge is 0.491 e. The van der Waals surface area contributed by atoms with Gasteiger partial charge < -0.3 is 9.64 Å². The lowest BCUT2D eigenvalue weighted by Crippen LogP contribution is -2.26. The van der Waals surface area contributed by atoms with Crippen molar-refractivity contribution in [1.82, 2.24) is 14.8 Å². The van der Waals surface area contributed by atoms with Crippen LogP contribution in [0.3, 0.4) is 0 Å². The predicted octanol–water partition coefficient (Wildman–Crippen LogP) is 4.02. The number of aromatic nitrogens is 3. The SMILES string of the molecule is CN(C(=O)c1cccc(-n2nc(C(F)(F)F)c3c2C(=O)CCC3)c1)c1cnc2c(c1)OCC2. The zero-order valence-electron chi connectivity index (χ0n) is 17.6. The molecule has 0 spiro atoms. The molecule has 10 heteroatoms. The van der Waals surface area contributed by atoms with Gasteiger partial charge in [0.05, 0.1) is 29.9 Å². The molecule has 170 valence electrons. The average molecular weight is 456 g/mol. The number of fused-ring (bicyclic) bond motifs is 2. The van der Waals surface area contributed by atoms with E-state index in [9.17, 15) is 22.8 Å². The van der Waals surface area contributed by atoms with Crippen LogP contribution in [0.25, 0.3) is 5.69 Å². The van der Waals surface area contributed by atoms with E-state index in [1.807, 2.05) is 0 Å². The summed E-state index contributed by atoms with van der Waals surface area (Å²) in [6, 6.07) is 7.80. The molecule has 7 nitrogen and oxygen atoms in total. The Morgan fingerprint density at radius 1 is 1.18 bits per heavy atom. The Kier molecular flexibility index (Phi) is 4.95. The maximum atomic E-state index is 13.6. The zero-order valence-corrected chi connectivity index (χ0v) is 17.6. The lowest BCUT2D eigenvalue weighted by Gasteiger charge is -2.18. The number of alkyl halides is 3. The Balaban J connectivity index is 1.52. The van der Waals surface area contributed by atoms with Crippen LogP contribution in [0, 0.1) is 0 Å². The van der Waals surface area contributed by atoms with Crippen molar-refractivity contribution in [3.63, 3.8) is 0 Å². The Bertz CT molecular complexity index is 1280. The van der Waals surface area contributed by atoms with Gasteiger partial charge in [-0.05, 0) is 31.0 Å². The fourth-order valence-corrected chi connectivity index (χ4v) is 4.23. The van der Waals surface area contributed by atoms with Gasteiger partial charge in [0.15, 0.2) is 11.5 Å². The third kappa shape index (κ3) is 3.65. The summed E-state index contributed by atoms with van der Waals surface area (Å²) in [5, 5.41) is 3.75. The van der Waals surface area contributed by atoms with E-state index < -0.39 is 17.7 Å². The van der Waals surface area contributed by atoms with Crippen LogP contribution in [0.4, 0.5) is 18.9 Å². The van der Waals surface area contributed by atoms with E-state index in [-0.39, 0.29) is 41.3 Å². The molecular formula is C23H19F3N4O3. The van der Waals surface area contributed by atoms with Crippen molar-refractivity contribution >= 4 is 17.4 Å². The second-order valence-corrected chi connectivity index (χ2v) is 8.01. The normalized spacial score (nSPS) is 15.1. The maximum Gasteiger partial charge on any atom is 0.435 e. The summed E-state index contributed by atoms with van der Waals surface area (Å²) in [5.41, 5.74) is 0.600. The molecule has 0 saturated carbocycles. The van der Waals surface area contributed by atoms with Crippen molar-refractivity contribution in [2.45, 2.75) is 31.9 Å². The summed E-state index contributed by atoms with van der Waals surface area (Å²) in [6.45, 7) is 0.540. The van der Waals surface area contributed by atoms with Crippen molar-refractivity contribution in [3.8, 4) is 11.4 Å². The van der Waals surface area contributed by atoms with Gasteiger partial charge in [0.1, 0.15) is 11.4 Å². The summed E-state index contributed by atoms with van der Waals surface area (Å²) in [4.78, 5) is 31.3. The van der Waals surface area contributed by atoms with Crippen LogP contribution in [-0.4, -0.2) is 40.1 Å². The van der Waals surface area contributed by atoms with E-state index in [0.29, 0.717) is 30.9 Å². The van der Waals surface area contributed by atoms with Gasteiger partial charge in [-0.2, -0.15) is 18.3 Å². The van der Waals surface area contributed by atoms with Crippen molar-refractivity contribution in [2.75, 3.05) is 18.6 Å². The minimum Gasteiger partial charge on any atom is -0.491 e. The van der Waals surface area contributed by atoms with Gasteiger partial charge in [0.25, 0.3) is 5.91 Å². The molecule has 0 unspecified atom stereocenters.